The van der Waals surface area contributed by atoms with E-state index >= 15 is 0 Å². The zero-order valence-corrected chi connectivity index (χ0v) is 14.1. The molecule has 2 aliphatic rings. The molecule has 3 aromatic rings. The number of non-ortho nitro benzene ring substituents is 1. The van der Waals surface area contributed by atoms with E-state index in [-0.39, 0.29) is 22.6 Å². The first-order chi connectivity index (χ1) is 12.7. The quantitative estimate of drug-likeness (QED) is 0.376. The van der Waals surface area contributed by atoms with Crippen molar-refractivity contribution in [2.75, 3.05) is 5.32 Å². The summed E-state index contributed by atoms with van der Waals surface area (Å²) in [6.07, 6.45) is 5.41. The zero-order chi connectivity index (χ0) is 17.7. The van der Waals surface area contributed by atoms with Crippen molar-refractivity contribution in [3.8, 4) is 0 Å². The van der Waals surface area contributed by atoms with Gasteiger partial charge in [0, 0.05) is 23.7 Å². The lowest BCUT2D eigenvalue weighted by molar-refractivity contribution is -0.384. The number of nitrogens with zero attached hydrogens (tertiary/aromatic N) is 1. The van der Waals surface area contributed by atoms with E-state index in [0.717, 1.165) is 17.7 Å². The second-order valence-electron chi connectivity index (χ2n) is 7.07. The number of nitro groups is 1. The molecule has 4 nitrogen and oxygen atoms in total. The topological polar surface area (TPSA) is 55.2 Å². The van der Waals surface area contributed by atoms with Crippen molar-refractivity contribution < 1.29 is 4.92 Å². The van der Waals surface area contributed by atoms with Crippen LogP contribution in [-0.2, 0) is 0 Å². The van der Waals surface area contributed by atoms with E-state index in [1.165, 1.54) is 16.3 Å². The summed E-state index contributed by atoms with van der Waals surface area (Å²) in [5, 5.41) is 17.4. The Morgan fingerprint density at radius 1 is 1.00 bits per heavy atom. The molecule has 0 unspecified atom stereocenters. The van der Waals surface area contributed by atoms with Crippen LogP contribution in [0.2, 0.25) is 0 Å². The number of nitro benzene ring substituents is 1. The third-order valence-corrected chi connectivity index (χ3v) is 5.72. The molecule has 0 saturated carbocycles. The van der Waals surface area contributed by atoms with Gasteiger partial charge < -0.3 is 5.32 Å². The number of hydrogen-bond donors (Lipinski definition) is 1. The van der Waals surface area contributed by atoms with Crippen LogP contribution in [0.25, 0.3) is 10.8 Å². The molecule has 0 fully saturated rings. The fraction of sp³-hybridized carbons (Fsp3) is 0.182. The summed E-state index contributed by atoms with van der Waals surface area (Å²) in [5.74, 6) is 0.588. The summed E-state index contributed by atoms with van der Waals surface area (Å²) in [6.45, 7) is 0. The Kier molecular flexibility index (Phi) is 3.32. The van der Waals surface area contributed by atoms with Crippen molar-refractivity contribution in [1.82, 2.24) is 0 Å². The Balaban J connectivity index is 1.65. The van der Waals surface area contributed by atoms with Crippen molar-refractivity contribution in [1.29, 1.82) is 0 Å². The molecule has 0 bridgehead atoms. The second kappa shape index (κ2) is 5.70. The smallest absolute Gasteiger partial charge is 0.269 e. The lowest BCUT2D eigenvalue weighted by atomic mass is 9.76. The molecule has 128 valence electrons. The number of fused-ring (bicyclic) bond motifs is 4. The summed E-state index contributed by atoms with van der Waals surface area (Å²) in [6, 6.07) is 20.3. The molecule has 3 aromatic carbocycles. The number of nitrogens with one attached hydrogen (secondary N) is 1. The Morgan fingerprint density at radius 2 is 1.85 bits per heavy atom. The highest BCUT2D eigenvalue weighted by Crippen LogP contribution is 2.51. The maximum Gasteiger partial charge on any atom is 0.269 e. The minimum Gasteiger partial charge on any atom is -0.378 e. The molecule has 1 heterocycles. The Hall–Kier alpha value is -3.14. The summed E-state index contributed by atoms with van der Waals surface area (Å²) < 4.78 is 0. The predicted octanol–water partition coefficient (Wildman–Crippen LogP) is 5.57. The normalized spacial score (nSPS) is 23.3. The Bertz CT molecular complexity index is 1050. The highest BCUT2D eigenvalue weighted by Gasteiger charge is 2.39. The van der Waals surface area contributed by atoms with Crippen LogP contribution in [0.15, 0.2) is 72.8 Å². The molecule has 1 N–H and O–H groups in total. The SMILES string of the molecule is O=[N+]([O-])c1ccc2c(c1)[C@H]1C=CC[C@@H]1[C@H](c1cccc3ccccc13)N2. The fourth-order valence-electron chi connectivity index (χ4n) is 4.52. The molecule has 3 atom stereocenters. The van der Waals surface area contributed by atoms with Gasteiger partial charge in [0.1, 0.15) is 0 Å². The first-order valence-corrected chi connectivity index (χ1v) is 8.91. The first-order valence-electron chi connectivity index (χ1n) is 8.91. The monoisotopic (exact) mass is 342 g/mol. The molecule has 0 radical (unpaired) electrons. The molecule has 0 aromatic heterocycles. The summed E-state index contributed by atoms with van der Waals surface area (Å²) in [7, 11) is 0. The van der Waals surface area contributed by atoms with E-state index in [0.29, 0.717) is 5.92 Å². The van der Waals surface area contributed by atoms with Gasteiger partial charge in [-0.05, 0) is 40.3 Å². The van der Waals surface area contributed by atoms with Gasteiger partial charge in [-0.3, -0.25) is 10.1 Å². The number of benzene rings is 3. The van der Waals surface area contributed by atoms with Gasteiger partial charge in [-0.2, -0.15) is 0 Å². The maximum atomic E-state index is 11.2. The van der Waals surface area contributed by atoms with Crippen LogP contribution < -0.4 is 5.32 Å². The van der Waals surface area contributed by atoms with E-state index in [1.807, 2.05) is 6.07 Å². The molecule has 0 spiro atoms. The van der Waals surface area contributed by atoms with Crippen LogP contribution in [0.5, 0.6) is 0 Å². The van der Waals surface area contributed by atoms with Crippen LogP contribution in [0.3, 0.4) is 0 Å². The fourth-order valence-corrected chi connectivity index (χ4v) is 4.52. The molecule has 26 heavy (non-hydrogen) atoms. The Morgan fingerprint density at radius 3 is 2.73 bits per heavy atom. The van der Waals surface area contributed by atoms with E-state index in [4.69, 9.17) is 0 Å². The van der Waals surface area contributed by atoms with Gasteiger partial charge in [-0.15, -0.1) is 0 Å². The van der Waals surface area contributed by atoms with Crippen LogP contribution >= 0.6 is 0 Å². The van der Waals surface area contributed by atoms with Crippen LogP contribution in [0.4, 0.5) is 11.4 Å². The molecule has 5 rings (SSSR count). The third kappa shape index (κ3) is 2.22. The molecule has 1 aliphatic heterocycles. The van der Waals surface area contributed by atoms with Crippen LogP contribution in [0.1, 0.15) is 29.5 Å². The lowest BCUT2D eigenvalue weighted by Gasteiger charge is -2.37. The van der Waals surface area contributed by atoms with Crippen molar-refractivity contribution in [2.24, 2.45) is 5.92 Å². The van der Waals surface area contributed by atoms with E-state index in [1.54, 1.807) is 12.1 Å². The van der Waals surface area contributed by atoms with Gasteiger partial charge in [0.05, 0.1) is 11.0 Å². The summed E-state index contributed by atoms with van der Waals surface area (Å²) >= 11 is 0. The second-order valence-corrected chi connectivity index (χ2v) is 7.07. The van der Waals surface area contributed by atoms with Crippen molar-refractivity contribution in [2.45, 2.75) is 18.4 Å². The average molecular weight is 342 g/mol. The van der Waals surface area contributed by atoms with Gasteiger partial charge in [0.2, 0.25) is 0 Å². The van der Waals surface area contributed by atoms with Crippen molar-refractivity contribution in [3.05, 3.63) is 94.1 Å². The minimum atomic E-state index is -0.315. The van der Waals surface area contributed by atoms with Crippen molar-refractivity contribution >= 4 is 22.1 Å². The summed E-state index contributed by atoms with van der Waals surface area (Å²) in [4.78, 5) is 10.9. The highest BCUT2D eigenvalue weighted by atomic mass is 16.6. The first kappa shape index (κ1) is 15.1. The lowest BCUT2D eigenvalue weighted by Crippen LogP contribution is -2.29. The van der Waals surface area contributed by atoms with Gasteiger partial charge in [-0.25, -0.2) is 0 Å². The Labute approximate surface area is 151 Å². The van der Waals surface area contributed by atoms with E-state index in [9.17, 15) is 10.1 Å². The minimum absolute atomic E-state index is 0.160. The third-order valence-electron chi connectivity index (χ3n) is 5.72. The van der Waals surface area contributed by atoms with Crippen LogP contribution in [0, 0.1) is 16.0 Å². The number of hydrogen-bond acceptors (Lipinski definition) is 3. The highest BCUT2D eigenvalue weighted by molar-refractivity contribution is 5.86. The number of allylic oxidation sites excluding steroid dienone is 2. The predicted molar refractivity (Wildman–Crippen MR) is 103 cm³/mol. The largest absolute Gasteiger partial charge is 0.378 e. The summed E-state index contributed by atoms with van der Waals surface area (Å²) in [5.41, 5.74) is 3.50. The molecule has 0 saturated heterocycles. The van der Waals surface area contributed by atoms with Gasteiger partial charge >= 0.3 is 0 Å². The van der Waals surface area contributed by atoms with E-state index in [2.05, 4.69) is 59.9 Å². The van der Waals surface area contributed by atoms with Gasteiger partial charge in [-0.1, -0.05) is 54.6 Å². The maximum absolute atomic E-state index is 11.2. The van der Waals surface area contributed by atoms with Gasteiger partial charge in [0.15, 0.2) is 0 Å². The number of rotatable bonds is 2. The molecule has 0 amide bonds. The van der Waals surface area contributed by atoms with Crippen molar-refractivity contribution in [3.63, 3.8) is 0 Å². The molecular formula is C22H18N2O2. The molecule has 1 aliphatic carbocycles. The van der Waals surface area contributed by atoms with E-state index < -0.39 is 0 Å². The van der Waals surface area contributed by atoms with Crippen LogP contribution in [-0.4, -0.2) is 4.92 Å². The number of anilines is 1. The molecule has 4 heteroatoms. The molecular weight excluding hydrogens is 324 g/mol. The van der Waals surface area contributed by atoms with Gasteiger partial charge in [0.25, 0.3) is 5.69 Å². The zero-order valence-electron chi connectivity index (χ0n) is 14.1. The standard InChI is InChI=1S/C22H18N2O2/c25-24(26)15-11-12-21-20(13-15)17-8-4-10-19(17)22(23-21)18-9-3-6-14-5-1-2-7-16(14)18/h1-9,11-13,17,19,22-23H,10H2/t17-,19-,22-/m0/s1. The average Bonchev–Trinajstić information content (AvgIpc) is 3.16.